The van der Waals surface area contributed by atoms with Crippen LogP contribution in [0.2, 0.25) is 0 Å². The summed E-state index contributed by atoms with van der Waals surface area (Å²) in [5.41, 5.74) is 0.548. The number of amides is 1. The van der Waals surface area contributed by atoms with Gasteiger partial charge in [0.25, 0.3) is 5.91 Å². The number of rotatable bonds is 7. The van der Waals surface area contributed by atoms with Gasteiger partial charge < -0.3 is 23.6 Å². The summed E-state index contributed by atoms with van der Waals surface area (Å²) in [6.07, 6.45) is 1.50. The van der Waals surface area contributed by atoms with E-state index in [1.807, 2.05) is 30.3 Å². The van der Waals surface area contributed by atoms with Crippen LogP contribution in [0.25, 0.3) is 0 Å². The molecular formula is C27H21NO6. The van der Waals surface area contributed by atoms with Crippen molar-refractivity contribution in [2.75, 3.05) is 0 Å². The van der Waals surface area contributed by atoms with Crippen LogP contribution in [0.5, 0.6) is 11.5 Å². The van der Waals surface area contributed by atoms with Crippen LogP contribution in [-0.2, 0) is 11.3 Å². The van der Waals surface area contributed by atoms with Gasteiger partial charge in [-0.2, -0.15) is 0 Å². The van der Waals surface area contributed by atoms with E-state index in [2.05, 4.69) is 0 Å². The Hall–Kier alpha value is -4.52. The topological polar surface area (TPSA) is 93.1 Å². The lowest BCUT2D eigenvalue weighted by atomic mass is 9.95. The molecule has 1 amide bonds. The predicted molar refractivity (Wildman–Crippen MR) is 122 cm³/mol. The molecule has 170 valence electrons. The van der Waals surface area contributed by atoms with Gasteiger partial charge in [-0.3, -0.25) is 9.59 Å². The second kappa shape index (κ2) is 8.78. The molecule has 1 atom stereocenters. The molecule has 7 heteroatoms. The number of hydrogen-bond donors (Lipinski definition) is 1. The molecule has 0 saturated heterocycles. The minimum absolute atomic E-state index is 0.0494. The normalized spacial score (nSPS) is 15.7. The van der Waals surface area contributed by atoms with Gasteiger partial charge in [-0.25, -0.2) is 0 Å². The second-order valence-electron chi connectivity index (χ2n) is 7.90. The summed E-state index contributed by atoms with van der Waals surface area (Å²) < 4.78 is 16.9. The third-order valence-electron chi connectivity index (χ3n) is 5.57. The van der Waals surface area contributed by atoms with Gasteiger partial charge in [-0.15, -0.1) is 0 Å². The molecule has 0 saturated carbocycles. The van der Waals surface area contributed by atoms with Crippen LogP contribution in [0, 0.1) is 6.92 Å². The average molecular weight is 455 g/mol. The fourth-order valence-corrected chi connectivity index (χ4v) is 4.03. The van der Waals surface area contributed by atoms with Crippen molar-refractivity contribution in [2.24, 2.45) is 0 Å². The maximum absolute atomic E-state index is 13.4. The zero-order chi connectivity index (χ0) is 23.7. The van der Waals surface area contributed by atoms with Crippen LogP contribution in [0.3, 0.4) is 0 Å². The molecule has 1 aliphatic rings. The fraction of sp³-hybridized carbons (Fsp3) is 0.111. The standard InChI is InChI=1S/C27H21NO6/c1-17-12-13-22(33-17)25(29)23-24(28(27(31)26(23)30)16-21-11-6-14-32-21)18-7-5-10-20(15-18)34-19-8-3-2-4-9-19/h2-15,24,30H,16H2,1H3/t24-/m1/s1. The third-order valence-corrected chi connectivity index (χ3v) is 5.57. The Morgan fingerprint density at radius 1 is 1.00 bits per heavy atom. The molecule has 4 aromatic rings. The zero-order valence-electron chi connectivity index (χ0n) is 18.3. The molecule has 0 bridgehead atoms. The summed E-state index contributed by atoms with van der Waals surface area (Å²) in [6, 6.07) is 22.1. The number of nitrogens with zero attached hydrogens (tertiary/aromatic N) is 1. The summed E-state index contributed by atoms with van der Waals surface area (Å²) in [6.45, 7) is 1.79. The van der Waals surface area contributed by atoms with E-state index in [1.54, 1.807) is 49.4 Å². The van der Waals surface area contributed by atoms with Gasteiger partial charge in [0, 0.05) is 0 Å². The van der Waals surface area contributed by atoms with E-state index in [1.165, 1.54) is 17.2 Å². The van der Waals surface area contributed by atoms with Gasteiger partial charge in [0.2, 0.25) is 5.78 Å². The minimum Gasteiger partial charge on any atom is -0.503 e. The Labute approximate surface area is 195 Å². The number of carbonyl (C=O) groups is 2. The molecule has 0 fully saturated rings. The van der Waals surface area contributed by atoms with Crippen molar-refractivity contribution in [3.05, 3.63) is 119 Å². The first-order valence-corrected chi connectivity index (χ1v) is 10.7. The van der Waals surface area contributed by atoms with Gasteiger partial charge in [-0.1, -0.05) is 30.3 Å². The average Bonchev–Trinajstić information content (AvgIpc) is 3.57. The van der Waals surface area contributed by atoms with Gasteiger partial charge >= 0.3 is 0 Å². The lowest BCUT2D eigenvalue weighted by Crippen LogP contribution is -2.30. The highest BCUT2D eigenvalue weighted by molar-refractivity contribution is 6.15. The first-order chi connectivity index (χ1) is 16.5. The summed E-state index contributed by atoms with van der Waals surface area (Å²) in [5, 5.41) is 10.8. The van der Waals surface area contributed by atoms with Crippen LogP contribution in [0.4, 0.5) is 0 Å². The van der Waals surface area contributed by atoms with Crippen molar-refractivity contribution in [1.82, 2.24) is 4.90 Å². The minimum atomic E-state index is -0.866. The first kappa shape index (κ1) is 21.3. The Morgan fingerprint density at radius 2 is 1.79 bits per heavy atom. The largest absolute Gasteiger partial charge is 0.503 e. The molecule has 2 aromatic carbocycles. The number of para-hydroxylation sites is 1. The summed E-state index contributed by atoms with van der Waals surface area (Å²) in [7, 11) is 0. The van der Waals surface area contributed by atoms with Gasteiger partial charge in [-0.05, 0) is 61.0 Å². The monoisotopic (exact) mass is 455 g/mol. The van der Waals surface area contributed by atoms with Gasteiger partial charge in [0.05, 0.1) is 24.4 Å². The van der Waals surface area contributed by atoms with Crippen LogP contribution >= 0.6 is 0 Å². The van der Waals surface area contributed by atoms with Crippen molar-refractivity contribution in [2.45, 2.75) is 19.5 Å². The van der Waals surface area contributed by atoms with Crippen molar-refractivity contribution in [3.63, 3.8) is 0 Å². The maximum Gasteiger partial charge on any atom is 0.290 e. The van der Waals surface area contributed by atoms with E-state index in [0.717, 1.165) is 0 Å². The Balaban J connectivity index is 1.56. The number of benzene rings is 2. The van der Waals surface area contributed by atoms with Gasteiger partial charge in [0.15, 0.2) is 11.5 Å². The number of aliphatic hydroxyl groups excluding tert-OH is 1. The molecule has 34 heavy (non-hydrogen) atoms. The smallest absolute Gasteiger partial charge is 0.290 e. The second-order valence-corrected chi connectivity index (χ2v) is 7.90. The lowest BCUT2D eigenvalue weighted by molar-refractivity contribution is -0.130. The van der Waals surface area contributed by atoms with E-state index in [-0.39, 0.29) is 17.9 Å². The highest BCUT2D eigenvalue weighted by Crippen LogP contribution is 2.41. The Kier molecular flexibility index (Phi) is 5.51. The highest BCUT2D eigenvalue weighted by Gasteiger charge is 2.44. The van der Waals surface area contributed by atoms with Crippen LogP contribution < -0.4 is 4.74 Å². The Bertz CT molecular complexity index is 1370. The lowest BCUT2D eigenvalue weighted by Gasteiger charge is -2.26. The quantitative estimate of drug-likeness (QED) is 0.357. The van der Waals surface area contributed by atoms with Crippen molar-refractivity contribution in [3.8, 4) is 11.5 Å². The first-order valence-electron chi connectivity index (χ1n) is 10.7. The number of ketones is 1. The summed E-state index contributed by atoms with van der Waals surface area (Å²) in [5.74, 6) is 0.470. The molecule has 0 aliphatic carbocycles. The molecule has 3 heterocycles. The van der Waals surface area contributed by atoms with E-state index in [9.17, 15) is 14.7 Å². The molecule has 0 spiro atoms. The fourth-order valence-electron chi connectivity index (χ4n) is 4.03. The maximum atomic E-state index is 13.4. The Morgan fingerprint density at radius 3 is 2.50 bits per heavy atom. The third kappa shape index (κ3) is 3.99. The number of Topliss-reactive ketones (excluding diaryl/α,β-unsaturated/α-hetero) is 1. The van der Waals surface area contributed by atoms with E-state index >= 15 is 0 Å². The SMILES string of the molecule is Cc1ccc(C(=O)C2=C(O)C(=O)N(Cc3ccco3)[C@@H]2c2cccc(Oc3ccccc3)c2)o1. The molecule has 1 N–H and O–H groups in total. The number of hydrogen-bond acceptors (Lipinski definition) is 6. The number of aryl methyl sites for hydroxylation is 1. The summed E-state index contributed by atoms with van der Waals surface area (Å²) >= 11 is 0. The molecule has 1 aliphatic heterocycles. The highest BCUT2D eigenvalue weighted by atomic mass is 16.5. The van der Waals surface area contributed by atoms with Crippen molar-refractivity contribution >= 4 is 11.7 Å². The number of ether oxygens (including phenoxy) is 1. The molecule has 0 unspecified atom stereocenters. The number of carbonyl (C=O) groups excluding carboxylic acids is 2. The molecule has 0 radical (unpaired) electrons. The zero-order valence-corrected chi connectivity index (χ0v) is 18.3. The van der Waals surface area contributed by atoms with Crippen LogP contribution in [0.15, 0.2) is 105 Å². The van der Waals surface area contributed by atoms with Crippen molar-refractivity contribution < 1.29 is 28.3 Å². The van der Waals surface area contributed by atoms with E-state index < -0.39 is 23.5 Å². The van der Waals surface area contributed by atoms with Crippen LogP contribution in [-0.4, -0.2) is 21.7 Å². The van der Waals surface area contributed by atoms with E-state index in [0.29, 0.717) is 28.6 Å². The van der Waals surface area contributed by atoms with E-state index in [4.69, 9.17) is 13.6 Å². The van der Waals surface area contributed by atoms with Crippen LogP contribution in [0.1, 0.15) is 33.7 Å². The predicted octanol–water partition coefficient (Wildman–Crippen LogP) is 5.75. The molecule has 7 nitrogen and oxygen atoms in total. The van der Waals surface area contributed by atoms with Gasteiger partial charge in [0.1, 0.15) is 23.0 Å². The molecule has 2 aromatic heterocycles. The summed E-state index contributed by atoms with van der Waals surface area (Å²) in [4.78, 5) is 27.9. The molecular weight excluding hydrogens is 434 g/mol. The number of furan rings is 2. The molecule has 5 rings (SSSR count). The van der Waals surface area contributed by atoms with Crippen molar-refractivity contribution in [1.29, 1.82) is 0 Å². The number of aliphatic hydroxyl groups is 1.